The first-order chi connectivity index (χ1) is 16.3. The van der Waals surface area contributed by atoms with Crippen molar-refractivity contribution in [2.24, 2.45) is 34.0 Å². The lowest BCUT2D eigenvalue weighted by Gasteiger charge is -2.26. The van der Waals surface area contributed by atoms with Gasteiger partial charge in [0.05, 0.1) is 6.04 Å². The zero-order valence-electron chi connectivity index (χ0n) is 21.4. The van der Waals surface area contributed by atoms with Crippen molar-refractivity contribution < 1.29 is 24.3 Å². The molecule has 0 saturated heterocycles. The van der Waals surface area contributed by atoms with Gasteiger partial charge in [-0.3, -0.25) is 19.4 Å². The van der Waals surface area contributed by atoms with E-state index in [0.717, 1.165) is 0 Å². The third-order valence-electron chi connectivity index (χ3n) is 5.16. The van der Waals surface area contributed by atoms with Gasteiger partial charge in [-0.1, -0.05) is 27.7 Å². The first kappa shape index (κ1) is 32.5. The molecule has 0 spiro atoms. The van der Waals surface area contributed by atoms with Gasteiger partial charge in [-0.25, -0.2) is 4.79 Å². The van der Waals surface area contributed by atoms with E-state index in [9.17, 15) is 24.3 Å². The molecule has 4 atom stereocenters. The standard InChI is InChI=1S/C22H43N7O5S/c1-12(2)11-16(29-20(32)17(23)13(3)4)19(31)27-14(7-6-9-26-22(24)25)18(30)28-15(21(33)34)8-10-35-5/h12-17H,6-11,23H2,1-5H3,(H,27,31)(H,28,30)(H,29,32)(H,33,34)(H4,24,25,26). The van der Waals surface area contributed by atoms with Gasteiger partial charge in [-0.05, 0) is 49.5 Å². The molecular formula is C22H43N7O5S. The number of aliphatic carboxylic acids is 1. The third kappa shape index (κ3) is 13.8. The number of carboxylic acid groups (broad SMARTS) is 1. The summed E-state index contributed by atoms with van der Waals surface area (Å²) in [5.74, 6) is -2.43. The van der Waals surface area contributed by atoms with Crippen molar-refractivity contribution in [3.05, 3.63) is 0 Å². The van der Waals surface area contributed by atoms with Crippen LogP contribution in [-0.4, -0.2) is 77.5 Å². The number of amides is 3. The number of carboxylic acids is 1. The second-order valence-electron chi connectivity index (χ2n) is 9.15. The Labute approximate surface area is 212 Å². The number of aliphatic imine (C=N–C) groups is 1. The fourth-order valence-corrected chi connectivity index (χ4v) is 3.56. The lowest BCUT2D eigenvalue weighted by molar-refractivity contribution is -0.142. The van der Waals surface area contributed by atoms with Crippen LogP contribution < -0.4 is 33.2 Å². The van der Waals surface area contributed by atoms with E-state index in [0.29, 0.717) is 18.6 Å². The maximum absolute atomic E-state index is 13.1. The van der Waals surface area contributed by atoms with Crippen LogP contribution in [0.25, 0.3) is 0 Å². The summed E-state index contributed by atoms with van der Waals surface area (Å²) < 4.78 is 0. The lowest BCUT2D eigenvalue weighted by Crippen LogP contribution is -2.57. The summed E-state index contributed by atoms with van der Waals surface area (Å²) in [6.45, 7) is 7.63. The van der Waals surface area contributed by atoms with Gasteiger partial charge in [-0.15, -0.1) is 0 Å². The van der Waals surface area contributed by atoms with Crippen molar-refractivity contribution >= 4 is 41.4 Å². The fraction of sp³-hybridized carbons (Fsp3) is 0.773. The highest BCUT2D eigenvalue weighted by Gasteiger charge is 2.30. The summed E-state index contributed by atoms with van der Waals surface area (Å²) >= 11 is 1.46. The van der Waals surface area contributed by atoms with Gasteiger partial charge < -0.3 is 38.3 Å². The molecule has 0 aliphatic rings. The molecule has 3 amide bonds. The molecular weight excluding hydrogens is 474 g/mol. The van der Waals surface area contributed by atoms with Crippen LogP contribution in [0.1, 0.15) is 53.4 Å². The maximum Gasteiger partial charge on any atom is 0.326 e. The largest absolute Gasteiger partial charge is 0.480 e. The highest BCUT2D eigenvalue weighted by molar-refractivity contribution is 7.98. The smallest absolute Gasteiger partial charge is 0.326 e. The Balaban J connectivity index is 5.60. The van der Waals surface area contributed by atoms with Gasteiger partial charge in [0.25, 0.3) is 0 Å². The summed E-state index contributed by atoms with van der Waals surface area (Å²) in [7, 11) is 0. The Bertz CT molecular complexity index is 729. The molecule has 10 N–H and O–H groups in total. The number of nitrogens with one attached hydrogen (secondary N) is 3. The molecule has 0 heterocycles. The first-order valence-electron chi connectivity index (χ1n) is 11.7. The Hall–Kier alpha value is -2.54. The molecule has 0 aromatic rings. The fourth-order valence-electron chi connectivity index (χ4n) is 3.08. The summed E-state index contributed by atoms with van der Waals surface area (Å²) in [6.07, 6.45) is 2.92. The molecule has 0 bridgehead atoms. The summed E-state index contributed by atoms with van der Waals surface area (Å²) in [5, 5.41) is 17.3. The molecule has 0 radical (unpaired) electrons. The van der Waals surface area contributed by atoms with Gasteiger partial charge in [0.15, 0.2) is 5.96 Å². The highest BCUT2D eigenvalue weighted by Crippen LogP contribution is 2.09. The zero-order chi connectivity index (χ0) is 27.1. The number of nitrogens with zero attached hydrogens (tertiary/aromatic N) is 1. The SMILES string of the molecule is CSCCC(NC(=O)C(CCCN=C(N)N)NC(=O)C(CC(C)C)NC(=O)C(N)C(C)C)C(=O)O. The van der Waals surface area contributed by atoms with Crippen LogP contribution in [0.2, 0.25) is 0 Å². The van der Waals surface area contributed by atoms with Crippen molar-refractivity contribution in [2.45, 2.75) is 77.5 Å². The normalized spacial score (nSPS) is 14.5. The Morgan fingerprint density at radius 3 is 1.91 bits per heavy atom. The molecule has 0 aromatic heterocycles. The monoisotopic (exact) mass is 517 g/mol. The maximum atomic E-state index is 13.1. The van der Waals surface area contributed by atoms with Crippen molar-refractivity contribution in [2.75, 3.05) is 18.6 Å². The molecule has 0 rings (SSSR count). The van der Waals surface area contributed by atoms with Crippen LogP contribution in [0.5, 0.6) is 0 Å². The van der Waals surface area contributed by atoms with Crippen LogP contribution in [0.3, 0.4) is 0 Å². The second kappa shape index (κ2) is 17.0. The molecule has 0 aliphatic heterocycles. The third-order valence-corrected chi connectivity index (χ3v) is 5.81. The topological polar surface area (TPSA) is 215 Å². The number of rotatable bonds is 17. The van der Waals surface area contributed by atoms with Crippen LogP contribution in [0.15, 0.2) is 4.99 Å². The Morgan fingerprint density at radius 1 is 0.886 bits per heavy atom. The Morgan fingerprint density at radius 2 is 1.43 bits per heavy atom. The summed E-state index contributed by atoms with van der Waals surface area (Å²) in [5.41, 5.74) is 16.6. The number of guanidine groups is 1. The van der Waals surface area contributed by atoms with Crippen molar-refractivity contribution in [1.29, 1.82) is 0 Å². The van der Waals surface area contributed by atoms with E-state index in [1.54, 1.807) is 13.8 Å². The molecule has 13 heteroatoms. The summed E-state index contributed by atoms with van der Waals surface area (Å²) in [4.78, 5) is 54.0. The van der Waals surface area contributed by atoms with Crippen LogP contribution in [0, 0.1) is 11.8 Å². The first-order valence-corrected chi connectivity index (χ1v) is 13.1. The van der Waals surface area contributed by atoms with Crippen molar-refractivity contribution in [3.8, 4) is 0 Å². The molecule has 202 valence electrons. The van der Waals surface area contributed by atoms with Crippen LogP contribution >= 0.6 is 11.8 Å². The van der Waals surface area contributed by atoms with Gasteiger partial charge in [0.1, 0.15) is 18.1 Å². The molecule has 0 saturated carbocycles. The molecule has 0 aliphatic carbocycles. The molecule has 12 nitrogen and oxygen atoms in total. The van der Waals surface area contributed by atoms with Gasteiger partial charge in [0.2, 0.25) is 17.7 Å². The number of hydrogen-bond acceptors (Lipinski definition) is 7. The summed E-state index contributed by atoms with van der Waals surface area (Å²) in [6, 6.07) is -3.84. The van der Waals surface area contributed by atoms with Crippen LogP contribution in [0.4, 0.5) is 0 Å². The lowest BCUT2D eigenvalue weighted by atomic mass is 10.00. The predicted octanol–water partition coefficient (Wildman–Crippen LogP) is -0.638. The number of thioether (sulfide) groups is 1. The quantitative estimate of drug-likeness (QED) is 0.0740. The minimum Gasteiger partial charge on any atom is -0.480 e. The van der Waals surface area contributed by atoms with Gasteiger partial charge in [0, 0.05) is 6.54 Å². The van der Waals surface area contributed by atoms with E-state index in [1.165, 1.54) is 11.8 Å². The van der Waals surface area contributed by atoms with E-state index in [-0.39, 0.29) is 37.2 Å². The molecule has 0 fully saturated rings. The van der Waals surface area contributed by atoms with Gasteiger partial charge in [-0.2, -0.15) is 11.8 Å². The minimum absolute atomic E-state index is 0.0680. The van der Waals surface area contributed by atoms with E-state index < -0.39 is 47.9 Å². The van der Waals surface area contributed by atoms with Crippen molar-refractivity contribution in [1.82, 2.24) is 16.0 Å². The van der Waals surface area contributed by atoms with Crippen molar-refractivity contribution in [3.63, 3.8) is 0 Å². The van der Waals surface area contributed by atoms with E-state index >= 15 is 0 Å². The number of hydrogen-bond donors (Lipinski definition) is 7. The van der Waals surface area contributed by atoms with E-state index in [2.05, 4.69) is 20.9 Å². The zero-order valence-corrected chi connectivity index (χ0v) is 22.2. The second-order valence-corrected chi connectivity index (χ2v) is 10.1. The Kier molecular flexibility index (Phi) is 15.7. The predicted molar refractivity (Wildman–Crippen MR) is 139 cm³/mol. The van der Waals surface area contributed by atoms with Gasteiger partial charge >= 0.3 is 5.97 Å². The molecule has 35 heavy (non-hydrogen) atoms. The highest BCUT2D eigenvalue weighted by atomic mass is 32.2. The van der Waals surface area contributed by atoms with E-state index in [1.807, 2.05) is 20.1 Å². The average molecular weight is 518 g/mol. The average Bonchev–Trinajstić information content (AvgIpc) is 2.76. The van der Waals surface area contributed by atoms with Crippen LogP contribution in [-0.2, 0) is 19.2 Å². The minimum atomic E-state index is -1.16. The van der Waals surface area contributed by atoms with E-state index in [4.69, 9.17) is 17.2 Å². The number of nitrogens with two attached hydrogens (primary N) is 3. The number of carbonyl (C=O) groups is 4. The number of carbonyl (C=O) groups excluding carboxylic acids is 3. The molecule has 0 aromatic carbocycles. The molecule has 4 unspecified atom stereocenters.